The third-order valence-corrected chi connectivity index (χ3v) is 5.11. The van der Waals surface area contributed by atoms with Gasteiger partial charge in [-0.25, -0.2) is 4.98 Å². The van der Waals surface area contributed by atoms with Crippen molar-refractivity contribution in [3.8, 4) is 11.6 Å². The standard InChI is InChI=1S/C20H23F3N4O2/c1-13-3-2-4-15(9-13)29-17-10-16(20(21,22)23)25-18(26-17)27-8-7-19(28,12-27)11-24-14-5-6-14/h2-4,9-10,14,24,28H,5-8,11-12H2,1H3. The highest BCUT2D eigenvalue weighted by atomic mass is 19.4. The molecule has 2 aromatic rings. The van der Waals surface area contributed by atoms with Crippen LogP contribution in [-0.2, 0) is 6.18 Å². The molecule has 4 rings (SSSR count). The normalized spacial score (nSPS) is 22.2. The van der Waals surface area contributed by atoms with Crippen molar-refractivity contribution in [2.45, 2.75) is 44.0 Å². The fourth-order valence-electron chi connectivity index (χ4n) is 3.34. The van der Waals surface area contributed by atoms with Crippen LogP contribution in [0.5, 0.6) is 11.6 Å². The van der Waals surface area contributed by atoms with E-state index in [1.807, 2.05) is 13.0 Å². The van der Waals surface area contributed by atoms with E-state index in [-0.39, 0.29) is 18.4 Å². The van der Waals surface area contributed by atoms with Gasteiger partial charge in [0.2, 0.25) is 11.8 Å². The Morgan fingerprint density at radius 2 is 2.07 bits per heavy atom. The molecular formula is C20H23F3N4O2. The Labute approximate surface area is 166 Å². The summed E-state index contributed by atoms with van der Waals surface area (Å²) in [7, 11) is 0. The van der Waals surface area contributed by atoms with E-state index in [4.69, 9.17) is 4.74 Å². The number of aliphatic hydroxyl groups is 1. The summed E-state index contributed by atoms with van der Waals surface area (Å²) in [5.41, 5.74) is -1.17. The summed E-state index contributed by atoms with van der Waals surface area (Å²) < 4.78 is 45.7. The van der Waals surface area contributed by atoms with E-state index in [0.29, 0.717) is 31.3 Å². The number of aryl methyl sites for hydroxylation is 1. The third kappa shape index (κ3) is 4.97. The van der Waals surface area contributed by atoms with Crippen molar-refractivity contribution in [3.63, 3.8) is 0 Å². The van der Waals surface area contributed by atoms with E-state index < -0.39 is 17.5 Å². The number of aromatic nitrogens is 2. The second-order valence-electron chi connectivity index (χ2n) is 7.86. The molecule has 2 fully saturated rings. The van der Waals surface area contributed by atoms with E-state index >= 15 is 0 Å². The molecule has 1 saturated heterocycles. The van der Waals surface area contributed by atoms with Gasteiger partial charge in [-0.1, -0.05) is 12.1 Å². The molecule has 2 heterocycles. The molecule has 2 aliphatic rings. The first-order chi connectivity index (χ1) is 13.7. The number of hydrogen-bond acceptors (Lipinski definition) is 6. The van der Waals surface area contributed by atoms with Crippen LogP contribution in [0.25, 0.3) is 0 Å². The fraction of sp³-hybridized carbons (Fsp3) is 0.500. The summed E-state index contributed by atoms with van der Waals surface area (Å²) in [4.78, 5) is 9.46. The summed E-state index contributed by atoms with van der Waals surface area (Å²) in [6.45, 7) is 2.80. The second kappa shape index (κ2) is 7.46. The average Bonchev–Trinajstić information content (AvgIpc) is 3.40. The molecule has 1 unspecified atom stereocenters. The highest BCUT2D eigenvalue weighted by Crippen LogP contribution is 2.34. The molecule has 6 nitrogen and oxygen atoms in total. The molecule has 0 spiro atoms. The van der Waals surface area contributed by atoms with E-state index in [0.717, 1.165) is 24.5 Å². The van der Waals surface area contributed by atoms with Gasteiger partial charge in [-0.2, -0.15) is 18.2 Å². The molecule has 0 bridgehead atoms. The van der Waals surface area contributed by atoms with Gasteiger partial charge in [0.05, 0.1) is 12.1 Å². The number of β-amino-alcohol motifs (C(OH)–C–C–N with tert-alkyl or cyclic N) is 1. The zero-order valence-corrected chi connectivity index (χ0v) is 16.0. The summed E-state index contributed by atoms with van der Waals surface area (Å²) in [5.74, 6) is 0.124. The first-order valence-electron chi connectivity index (χ1n) is 9.62. The molecule has 29 heavy (non-hydrogen) atoms. The Morgan fingerprint density at radius 1 is 1.28 bits per heavy atom. The lowest BCUT2D eigenvalue weighted by atomic mass is 10.0. The fourth-order valence-corrected chi connectivity index (χ4v) is 3.34. The first-order valence-corrected chi connectivity index (χ1v) is 9.62. The number of halogens is 3. The van der Waals surface area contributed by atoms with Crippen molar-refractivity contribution in [1.82, 2.24) is 15.3 Å². The number of benzene rings is 1. The van der Waals surface area contributed by atoms with E-state index in [9.17, 15) is 18.3 Å². The summed E-state index contributed by atoms with van der Waals surface area (Å²) >= 11 is 0. The van der Waals surface area contributed by atoms with Gasteiger partial charge in [0, 0.05) is 25.2 Å². The third-order valence-electron chi connectivity index (χ3n) is 5.11. The second-order valence-corrected chi connectivity index (χ2v) is 7.86. The average molecular weight is 408 g/mol. The predicted octanol–water partition coefficient (Wildman–Crippen LogP) is 3.29. The van der Waals surface area contributed by atoms with Crippen molar-refractivity contribution in [3.05, 3.63) is 41.6 Å². The maximum atomic E-state index is 13.4. The molecule has 0 amide bonds. The lowest BCUT2D eigenvalue weighted by Gasteiger charge is -2.24. The number of nitrogens with one attached hydrogen (secondary N) is 1. The zero-order chi connectivity index (χ0) is 20.6. The van der Waals surface area contributed by atoms with Gasteiger partial charge in [-0.15, -0.1) is 0 Å². The van der Waals surface area contributed by atoms with Crippen LogP contribution in [-0.4, -0.2) is 46.4 Å². The smallest absolute Gasteiger partial charge is 0.433 e. The Hall–Kier alpha value is -2.39. The Bertz CT molecular complexity index is 888. The molecule has 1 aromatic carbocycles. The zero-order valence-electron chi connectivity index (χ0n) is 16.0. The minimum atomic E-state index is -4.63. The van der Waals surface area contributed by atoms with Gasteiger partial charge < -0.3 is 20.1 Å². The molecule has 156 valence electrons. The number of nitrogens with zero attached hydrogens (tertiary/aromatic N) is 3. The highest BCUT2D eigenvalue weighted by molar-refractivity contribution is 5.40. The topological polar surface area (TPSA) is 70.5 Å². The molecule has 2 N–H and O–H groups in total. The van der Waals surface area contributed by atoms with Crippen molar-refractivity contribution in [2.75, 3.05) is 24.5 Å². The summed E-state index contributed by atoms with van der Waals surface area (Å²) in [5, 5.41) is 14.0. The van der Waals surface area contributed by atoms with Crippen LogP contribution in [0.4, 0.5) is 19.1 Å². The van der Waals surface area contributed by atoms with E-state index in [1.165, 1.54) is 0 Å². The first kappa shape index (κ1) is 19.9. The van der Waals surface area contributed by atoms with Crippen LogP contribution in [0, 0.1) is 6.92 Å². The number of ether oxygens (including phenoxy) is 1. The number of anilines is 1. The minimum absolute atomic E-state index is 0.0928. The molecular weight excluding hydrogens is 385 g/mol. The van der Waals surface area contributed by atoms with Crippen LogP contribution < -0.4 is 15.0 Å². The van der Waals surface area contributed by atoms with Gasteiger partial charge in [-0.05, 0) is 43.9 Å². The maximum absolute atomic E-state index is 13.4. The molecule has 0 radical (unpaired) electrons. The molecule has 1 aliphatic carbocycles. The lowest BCUT2D eigenvalue weighted by molar-refractivity contribution is -0.141. The van der Waals surface area contributed by atoms with Crippen LogP contribution in [0.2, 0.25) is 0 Å². The number of hydrogen-bond donors (Lipinski definition) is 2. The van der Waals surface area contributed by atoms with Crippen molar-refractivity contribution in [2.24, 2.45) is 0 Å². The van der Waals surface area contributed by atoms with Gasteiger partial charge in [0.25, 0.3) is 0 Å². The Kier molecular flexibility index (Phi) is 5.12. The van der Waals surface area contributed by atoms with Gasteiger partial charge in [0.15, 0.2) is 5.69 Å². The molecule has 1 saturated carbocycles. The molecule has 1 atom stereocenters. The summed E-state index contributed by atoms with van der Waals surface area (Å²) in [6, 6.07) is 8.22. The van der Waals surface area contributed by atoms with E-state index in [2.05, 4.69) is 15.3 Å². The van der Waals surface area contributed by atoms with Crippen LogP contribution in [0.1, 0.15) is 30.5 Å². The minimum Gasteiger partial charge on any atom is -0.439 e. The van der Waals surface area contributed by atoms with Crippen LogP contribution >= 0.6 is 0 Å². The molecule has 9 heteroatoms. The Morgan fingerprint density at radius 3 is 2.76 bits per heavy atom. The maximum Gasteiger partial charge on any atom is 0.433 e. The number of alkyl halides is 3. The van der Waals surface area contributed by atoms with Crippen molar-refractivity contribution in [1.29, 1.82) is 0 Å². The predicted molar refractivity (Wildman–Crippen MR) is 101 cm³/mol. The van der Waals surface area contributed by atoms with Crippen molar-refractivity contribution >= 4 is 5.95 Å². The van der Waals surface area contributed by atoms with Crippen LogP contribution in [0.15, 0.2) is 30.3 Å². The lowest BCUT2D eigenvalue weighted by Crippen LogP contribution is -2.44. The van der Waals surface area contributed by atoms with Gasteiger partial charge in [0.1, 0.15) is 5.75 Å². The largest absolute Gasteiger partial charge is 0.439 e. The SMILES string of the molecule is Cc1cccc(Oc2cc(C(F)(F)F)nc(N3CCC(O)(CNC4CC4)C3)n2)c1. The molecule has 1 aromatic heterocycles. The van der Waals surface area contributed by atoms with Gasteiger partial charge in [-0.3, -0.25) is 0 Å². The Balaban J connectivity index is 1.57. The number of rotatable bonds is 6. The molecule has 1 aliphatic heterocycles. The monoisotopic (exact) mass is 408 g/mol. The van der Waals surface area contributed by atoms with Crippen LogP contribution in [0.3, 0.4) is 0 Å². The van der Waals surface area contributed by atoms with Gasteiger partial charge >= 0.3 is 6.18 Å². The summed E-state index contributed by atoms with van der Waals surface area (Å²) in [6.07, 6.45) is -2.02. The highest BCUT2D eigenvalue weighted by Gasteiger charge is 2.40. The quantitative estimate of drug-likeness (QED) is 0.765. The van der Waals surface area contributed by atoms with Crippen molar-refractivity contribution < 1.29 is 23.0 Å². The van der Waals surface area contributed by atoms with E-state index in [1.54, 1.807) is 23.1 Å².